The number of hydrogen-bond donors (Lipinski definition) is 1. The first-order valence-corrected chi connectivity index (χ1v) is 8.64. The van der Waals surface area contributed by atoms with Gasteiger partial charge in [0.05, 0.1) is 6.04 Å². The van der Waals surface area contributed by atoms with Gasteiger partial charge in [-0.3, -0.25) is 4.99 Å². The maximum absolute atomic E-state index is 5.08. The highest BCUT2D eigenvalue weighted by atomic mass is 15.1. The summed E-state index contributed by atoms with van der Waals surface area (Å²) in [7, 11) is 0. The van der Waals surface area contributed by atoms with Crippen LogP contribution in [0.15, 0.2) is 59.6 Å². The SMILES string of the molecule is CCC1(CC)CC(c2ccc(C)cc2)N=C1Nc1ccccc1. The third-order valence-corrected chi connectivity index (χ3v) is 5.22. The first kappa shape index (κ1) is 15.8. The average molecular weight is 306 g/mol. The van der Waals surface area contributed by atoms with E-state index >= 15 is 0 Å². The Bertz CT molecular complexity index is 667. The number of benzene rings is 2. The highest BCUT2D eigenvalue weighted by Gasteiger charge is 2.41. The molecule has 0 fully saturated rings. The van der Waals surface area contributed by atoms with E-state index in [0.717, 1.165) is 30.8 Å². The fourth-order valence-electron chi connectivity index (χ4n) is 3.48. The minimum absolute atomic E-state index is 0.158. The number of nitrogens with one attached hydrogen (secondary N) is 1. The van der Waals surface area contributed by atoms with Crippen LogP contribution in [0.5, 0.6) is 0 Å². The van der Waals surface area contributed by atoms with E-state index < -0.39 is 0 Å². The number of hydrogen-bond acceptors (Lipinski definition) is 2. The van der Waals surface area contributed by atoms with Gasteiger partial charge in [-0.2, -0.15) is 0 Å². The van der Waals surface area contributed by atoms with Crippen LogP contribution in [0.1, 0.15) is 50.3 Å². The lowest BCUT2D eigenvalue weighted by Crippen LogP contribution is -2.32. The zero-order valence-electron chi connectivity index (χ0n) is 14.3. The Kier molecular flexibility index (Phi) is 4.51. The fraction of sp³-hybridized carbons (Fsp3) is 0.381. The van der Waals surface area contributed by atoms with Gasteiger partial charge in [-0.1, -0.05) is 61.9 Å². The van der Waals surface area contributed by atoms with E-state index in [9.17, 15) is 0 Å². The summed E-state index contributed by atoms with van der Waals surface area (Å²) in [5.74, 6) is 1.15. The van der Waals surface area contributed by atoms with Crippen LogP contribution in [-0.4, -0.2) is 5.84 Å². The van der Waals surface area contributed by atoms with Crippen LogP contribution in [0.25, 0.3) is 0 Å². The van der Waals surface area contributed by atoms with Gasteiger partial charge in [-0.25, -0.2) is 0 Å². The van der Waals surface area contributed by atoms with Crippen LogP contribution in [-0.2, 0) is 0 Å². The quantitative estimate of drug-likeness (QED) is 0.763. The maximum Gasteiger partial charge on any atom is 0.108 e. The molecule has 1 atom stereocenters. The molecule has 2 nitrogen and oxygen atoms in total. The topological polar surface area (TPSA) is 24.4 Å². The lowest BCUT2D eigenvalue weighted by molar-refractivity contribution is 0.359. The number of anilines is 1. The molecule has 0 aromatic heterocycles. The lowest BCUT2D eigenvalue weighted by atomic mass is 9.77. The monoisotopic (exact) mass is 306 g/mol. The molecule has 0 bridgehead atoms. The Morgan fingerprint density at radius 1 is 1.00 bits per heavy atom. The van der Waals surface area contributed by atoms with E-state index in [1.165, 1.54) is 11.1 Å². The number of aryl methyl sites for hydroxylation is 1. The number of nitrogens with zero attached hydrogens (tertiary/aromatic N) is 1. The van der Waals surface area contributed by atoms with E-state index in [-0.39, 0.29) is 11.5 Å². The van der Waals surface area contributed by atoms with Crippen molar-refractivity contribution in [3.8, 4) is 0 Å². The summed E-state index contributed by atoms with van der Waals surface area (Å²) in [5, 5.41) is 3.59. The van der Waals surface area contributed by atoms with E-state index in [4.69, 9.17) is 4.99 Å². The molecule has 0 saturated heterocycles. The molecular formula is C21H26N2. The molecule has 2 aromatic rings. The van der Waals surface area contributed by atoms with Gasteiger partial charge < -0.3 is 5.32 Å². The maximum atomic E-state index is 5.08. The summed E-state index contributed by atoms with van der Waals surface area (Å²) in [6.07, 6.45) is 3.33. The van der Waals surface area contributed by atoms with Crippen LogP contribution < -0.4 is 5.32 Å². The Labute approximate surface area is 139 Å². The molecule has 3 rings (SSSR count). The standard InChI is InChI=1S/C21H26N2/c1-4-21(5-2)15-19(17-13-11-16(3)12-14-17)23-20(21)22-18-9-7-6-8-10-18/h6-14,19H,4-5,15H2,1-3H3,(H,22,23). The van der Waals surface area contributed by atoms with Crippen molar-refractivity contribution < 1.29 is 0 Å². The van der Waals surface area contributed by atoms with Crippen molar-refractivity contribution in [3.63, 3.8) is 0 Å². The van der Waals surface area contributed by atoms with Gasteiger partial charge in [-0.05, 0) is 43.9 Å². The van der Waals surface area contributed by atoms with Gasteiger partial charge in [0.15, 0.2) is 0 Å². The van der Waals surface area contributed by atoms with Crippen LogP contribution in [0, 0.1) is 12.3 Å². The molecule has 0 aliphatic carbocycles. The molecule has 1 aliphatic heterocycles. The first-order valence-electron chi connectivity index (χ1n) is 8.64. The smallest absolute Gasteiger partial charge is 0.108 e. The van der Waals surface area contributed by atoms with Crippen LogP contribution in [0.3, 0.4) is 0 Å². The van der Waals surface area contributed by atoms with Gasteiger partial charge in [-0.15, -0.1) is 0 Å². The van der Waals surface area contributed by atoms with E-state index in [2.05, 4.69) is 74.6 Å². The van der Waals surface area contributed by atoms with Crippen molar-refractivity contribution in [1.29, 1.82) is 0 Å². The molecule has 2 aromatic carbocycles. The number of para-hydroxylation sites is 1. The molecule has 1 aliphatic rings. The molecule has 0 saturated carbocycles. The van der Waals surface area contributed by atoms with Crippen molar-refractivity contribution in [2.24, 2.45) is 10.4 Å². The van der Waals surface area contributed by atoms with E-state index in [1.54, 1.807) is 0 Å². The van der Waals surface area contributed by atoms with E-state index in [1.807, 2.05) is 6.07 Å². The Balaban J connectivity index is 1.91. The summed E-state index contributed by atoms with van der Waals surface area (Å²) in [5.41, 5.74) is 3.91. The van der Waals surface area contributed by atoms with Crippen LogP contribution >= 0.6 is 0 Å². The normalized spacial score (nSPS) is 19.4. The van der Waals surface area contributed by atoms with E-state index in [0.29, 0.717) is 0 Å². The molecular weight excluding hydrogens is 280 g/mol. The molecule has 1 heterocycles. The lowest BCUT2D eigenvalue weighted by Gasteiger charge is -2.29. The van der Waals surface area contributed by atoms with Gasteiger partial charge in [0.1, 0.15) is 5.84 Å². The largest absolute Gasteiger partial charge is 0.344 e. The molecule has 120 valence electrons. The van der Waals surface area contributed by atoms with Gasteiger partial charge in [0, 0.05) is 11.1 Å². The van der Waals surface area contributed by atoms with Gasteiger partial charge in [0.2, 0.25) is 0 Å². The predicted molar refractivity (Wildman–Crippen MR) is 99.1 cm³/mol. The second kappa shape index (κ2) is 6.57. The van der Waals surface area contributed by atoms with Gasteiger partial charge in [0.25, 0.3) is 0 Å². The zero-order valence-corrected chi connectivity index (χ0v) is 14.3. The van der Waals surface area contributed by atoms with Crippen molar-refractivity contribution in [2.75, 3.05) is 5.32 Å². The van der Waals surface area contributed by atoms with Crippen LogP contribution in [0.4, 0.5) is 5.69 Å². The van der Waals surface area contributed by atoms with Crippen molar-refractivity contribution in [1.82, 2.24) is 0 Å². The van der Waals surface area contributed by atoms with Crippen molar-refractivity contribution in [3.05, 3.63) is 65.7 Å². The average Bonchev–Trinajstić information content (AvgIpc) is 2.95. The highest BCUT2D eigenvalue weighted by Crippen LogP contribution is 2.45. The van der Waals surface area contributed by atoms with Crippen molar-refractivity contribution in [2.45, 2.75) is 46.1 Å². The summed E-state index contributed by atoms with van der Waals surface area (Å²) in [4.78, 5) is 5.08. The second-order valence-corrected chi connectivity index (χ2v) is 6.59. The number of amidine groups is 1. The molecule has 0 amide bonds. The van der Waals surface area contributed by atoms with Gasteiger partial charge >= 0.3 is 0 Å². The first-order chi connectivity index (χ1) is 11.2. The Morgan fingerprint density at radius 3 is 2.26 bits per heavy atom. The highest BCUT2D eigenvalue weighted by molar-refractivity contribution is 6.01. The minimum Gasteiger partial charge on any atom is -0.344 e. The molecule has 1 unspecified atom stereocenters. The summed E-state index contributed by atoms with van der Waals surface area (Å²) < 4.78 is 0. The summed E-state index contributed by atoms with van der Waals surface area (Å²) in [6.45, 7) is 6.69. The molecule has 2 heteroatoms. The minimum atomic E-state index is 0.158. The summed E-state index contributed by atoms with van der Waals surface area (Å²) in [6, 6.07) is 19.5. The predicted octanol–water partition coefficient (Wildman–Crippen LogP) is 5.76. The second-order valence-electron chi connectivity index (χ2n) is 6.59. The third kappa shape index (κ3) is 3.17. The zero-order chi connectivity index (χ0) is 16.3. The number of rotatable bonds is 4. The Morgan fingerprint density at radius 2 is 1.65 bits per heavy atom. The fourth-order valence-corrected chi connectivity index (χ4v) is 3.48. The van der Waals surface area contributed by atoms with Crippen molar-refractivity contribution >= 4 is 11.5 Å². The number of aliphatic imine (C=N–C) groups is 1. The Hall–Kier alpha value is -2.09. The third-order valence-electron chi connectivity index (χ3n) is 5.22. The molecule has 1 N–H and O–H groups in total. The molecule has 23 heavy (non-hydrogen) atoms. The molecule has 0 spiro atoms. The van der Waals surface area contributed by atoms with Crippen LogP contribution in [0.2, 0.25) is 0 Å². The molecule has 0 radical (unpaired) electrons. The summed E-state index contributed by atoms with van der Waals surface area (Å²) >= 11 is 0.